The van der Waals surface area contributed by atoms with Crippen LogP contribution in [-0.4, -0.2) is 10.6 Å². The number of benzene rings is 1. The van der Waals surface area contributed by atoms with Gasteiger partial charge in [-0.15, -0.1) is 0 Å². The third-order valence-electron chi connectivity index (χ3n) is 4.16. The highest BCUT2D eigenvalue weighted by Crippen LogP contribution is 2.28. The fourth-order valence-corrected chi connectivity index (χ4v) is 2.58. The normalized spacial score (nSPS) is 16.2. The Morgan fingerprint density at radius 2 is 1.95 bits per heavy atom. The van der Waals surface area contributed by atoms with Gasteiger partial charge in [0.05, 0.1) is 0 Å². The molecule has 3 rings (SSSR count). The van der Waals surface area contributed by atoms with Crippen LogP contribution in [0.2, 0.25) is 0 Å². The standard InChI is InChI=1S/C17H24N2/c1-17(2,3)13-5-8-16-12(9-13)10-15(19(16)4)11-18-14-6-7-14/h5,8-10,14,18H,6-7,11H2,1-4H3. The number of rotatable bonds is 3. The molecule has 1 heterocycles. The Morgan fingerprint density at radius 3 is 2.58 bits per heavy atom. The number of nitrogens with one attached hydrogen (secondary N) is 1. The van der Waals surface area contributed by atoms with Crippen LogP contribution in [0.4, 0.5) is 0 Å². The summed E-state index contributed by atoms with van der Waals surface area (Å²) in [6.07, 6.45) is 2.69. The molecule has 1 saturated carbocycles. The molecule has 19 heavy (non-hydrogen) atoms. The number of aromatic nitrogens is 1. The summed E-state index contributed by atoms with van der Waals surface area (Å²) in [6, 6.07) is 9.97. The van der Waals surface area contributed by atoms with Gasteiger partial charge in [0.1, 0.15) is 0 Å². The Kier molecular flexibility index (Phi) is 2.94. The molecule has 2 heteroatoms. The van der Waals surface area contributed by atoms with Gasteiger partial charge in [0.25, 0.3) is 0 Å². The smallest absolute Gasteiger partial charge is 0.0480 e. The molecular weight excluding hydrogens is 232 g/mol. The molecule has 2 nitrogen and oxygen atoms in total. The first-order valence-electron chi connectivity index (χ1n) is 7.27. The third kappa shape index (κ3) is 2.55. The zero-order chi connectivity index (χ0) is 13.6. The summed E-state index contributed by atoms with van der Waals surface area (Å²) in [5, 5.41) is 4.96. The minimum atomic E-state index is 0.219. The Balaban J connectivity index is 1.94. The topological polar surface area (TPSA) is 17.0 Å². The van der Waals surface area contributed by atoms with Gasteiger partial charge in [-0.2, -0.15) is 0 Å². The van der Waals surface area contributed by atoms with Crippen LogP contribution in [0, 0.1) is 0 Å². The van der Waals surface area contributed by atoms with E-state index in [1.165, 1.54) is 35.0 Å². The third-order valence-corrected chi connectivity index (χ3v) is 4.16. The van der Waals surface area contributed by atoms with Gasteiger partial charge in [-0.25, -0.2) is 0 Å². The van der Waals surface area contributed by atoms with Gasteiger partial charge in [-0.05, 0) is 42.0 Å². The van der Waals surface area contributed by atoms with Gasteiger partial charge in [0, 0.05) is 36.2 Å². The van der Waals surface area contributed by atoms with E-state index in [4.69, 9.17) is 0 Å². The molecule has 0 radical (unpaired) electrons. The lowest BCUT2D eigenvalue weighted by atomic mass is 9.86. The molecule has 0 spiro atoms. The number of hydrogen-bond acceptors (Lipinski definition) is 1. The number of fused-ring (bicyclic) bond motifs is 1. The highest BCUT2D eigenvalue weighted by molar-refractivity contribution is 5.82. The molecule has 1 aromatic heterocycles. The maximum atomic E-state index is 3.60. The van der Waals surface area contributed by atoms with Crippen LogP contribution in [-0.2, 0) is 19.0 Å². The minimum Gasteiger partial charge on any atom is -0.346 e. The zero-order valence-corrected chi connectivity index (χ0v) is 12.5. The first-order valence-corrected chi connectivity index (χ1v) is 7.27. The molecule has 0 unspecified atom stereocenters. The lowest BCUT2D eigenvalue weighted by Gasteiger charge is -2.19. The lowest BCUT2D eigenvalue weighted by Crippen LogP contribution is -2.17. The summed E-state index contributed by atoms with van der Waals surface area (Å²) in [7, 11) is 2.17. The number of aryl methyl sites for hydroxylation is 1. The predicted molar refractivity (Wildman–Crippen MR) is 81.5 cm³/mol. The summed E-state index contributed by atoms with van der Waals surface area (Å²) < 4.78 is 2.32. The first-order chi connectivity index (χ1) is 8.95. The molecule has 1 fully saturated rings. The van der Waals surface area contributed by atoms with E-state index in [9.17, 15) is 0 Å². The van der Waals surface area contributed by atoms with Crippen LogP contribution in [0.5, 0.6) is 0 Å². The predicted octanol–water partition coefficient (Wildman–Crippen LogP) is 3.73. The van der Waals surface area contributed by atoms with Crippen LogP contribution in [0.1, 0.15) is 44.9 Å². The Morgan fingerprint density at radius 1 is 1.21 bits per heavy atom. The highest BCUT2D eigenvalue weighted by atomic mass is 15.0. The highest BCUT2D eigenvalue weighted by Gasteiger charge is 2.21. The van der Waals surface area contributed by atoms with Crippen LogP contribution in [0.15, 0.2) is 24.3 Å². The van der Waals surface area contributed by atoms with Gasteiger partial charge < -0.3 is 9.88 Å². The number of hydrogen-bond donors (Lipinski definition) is 1. The van der Waals surface area contributed by atoms with Crippen molar-refractivity contribution in [1.82, 2.24) is 9.88 Å². The van der Waals surface area contributed by atoms with E-state index in [-0.39, 0.29) is 5.41 Å². The van der Waals surface area contributed by atoms with Crippen molar-refractivity contribution in [2.45, 2.75) is 51.6 Å². The summed E-state index contributed by atoms with van der Waals surface area (Å²) in [4.78, 5) is 0. The van der Waals surface area contributed by atoms with E-state index in [1.807, 2.05) is 0 Å². The molecule has 1 aliphatic carbocycles. The molecule has 1 N–H and O–H groups in total. The lowest BCUT2D eigenvalue weighted by molar-refractivity contribution is 0.591. The largest absolute Gasteiger partial charge is 0.346 e. The van der Waals surface area contributed by atoms with Crippen LogP contribution >= 0.6 is 0 Å². The average Bonchev–Trinajstić information content (AvgIpc) is 3.11. The fourth-order valence-electron chi connectivity index (χ4n) is 2.58. The quantitative estimate of drug-likeness (QED) is 0.885. The molecular formula is C17H24N2. The maximum Gasteiger partial charge on any atom is 0.0480 e. The molecule has 1 aliphatic rings. The molecule has 0 atom stereocenters. The summed E-state index contributed by atoms with van der Waals surface area (Å²) in [6.45, 7) is 7.80. The zero-order valence-electron chi connectivity index (χ0n) is 12.5. The van der Waals surface area contributed by atoms with E-state index in [0.29, 0.717) is 0 Å². The van der Waals surface area contributed by atoms with Gasteiger partial charge in [-0.3, -0.25) is 0 Å². The SMILES string of the molecule is Cn1c(CNC2CC2)cc2cc(C(C)(C)C)ccc21. The van der Waals surface area contributed by atoms with E-state index in [2.05, 4.69) is 62.0 Å². The van der Waals surface area contributed by atoms with Gasteiger partial charge >= 0.3 is 0 Å². The van der Waals surface area contributed by atoms with E-state index < -0.39 is 0 Å². The van der Waals surface area contributed by atoms with E-state index in [1.54, 1.807) is 0 Å². The second-order valence-corrected chi connectivity index (χ2v) is 6.87. The average molecular weight is 256 g/mol. The van der Waals surface area contributed by atoms with E-state index in [0.717, 1.165) is 12.6 Å². The van der Waals surface area contributed by atoms with Crippen LogP contribution in [0.25, 0.3) is 10.9 Å². The molecule has 0 saturated heterocycles. The fraction of sp³-hybridized carbons (Fsp3) is 0.529. The van der Waals surface area contributed by atoms with Crippen molar-refractivity contribution >= 4 is 10.9 Å². The molecule has 0 bridgehead atoms. The monoisotopic (exact) mass is 256 g/mol. The summed E-state index contributed by atoms with van der Waals surface area (Å²) >= 11 is 0. The van der Waals surface area contributed by atoms with Crippen molar-refractivity contribution in [3.05, 3.63) is 35.5 Å². The Hall–Kier alpha value is -1.28. The van der Waals surface area contributed by atoms with Crippen LogP contribution in [0.3, 0.4) is 0 Å². The van der Waals surface area contributed by atoms with Gasteiger partial charge in [-0.1, -0.05) is 26.8 Å². The van der Waals surface area contributed by atoms with Crippen molar-refractivity contribution in [1.29, 1.82) is 0 Å². The maximum absolute atomic E-state index is 3.60. The molecule has 2 aromatic rings. The Bertz CT molecular complexity index is 597. The van der Waals surface area contributed by atoms with Gasteiger partial charge in [0.15, 0.2) is 0 Å². The van der Waals surface area contributed by atoms with Crippen molar-refractivity contribution in [2.75, 3.05) is 0 Å². The molecule has 0 amide bonds. The molecule has 1 aromatic carbocycles. The number of nitrogens with zero attached hydrogens (tertiary/aromatic N) is 1. The van der Waals surface area contributed by atoms with Gasteiger partial charge in [0.2, 0.25) is 0 Å². The molecule has 102 valence electrons. The first kappa shape index (κ1) is 12.7. The molecule has 0 aliphatic heterocycles. The van der Waals surface area contributed by atoms with Crippen molar-refractivity contribution in [2.24, 2.45) is 7.05 Å². The summed E-state index contributed by atoms with van der Waals surface area (Å²) in [5.74, 6) is 0. The van der Waals surface area contributed by atoms with Crippen molar-refractivity contribution in [3.63, 3.8) is 0 Å². The van der Waals surface area contributed by atoms with E-state index >= 15 is 0 Å². The Labute approximate surface area is 115 Å². The van der Waals surface area contributed by atoms with Crippen molar-refractivity contribution < 1.29 is 0 Å². The minimum absolute atomic E-state index is 0.219. The second kappa shape index (κ2) is 4.38. The van der Waals surface area contributed by atoms with Crippen LogP contribution < -0.4 is 5.32 Å². The summed E-state index contributed by atoms with van der Waals surface area (Å²) in [5.41, 5.74) is 4.34. The van der Waals surface area contributed by atoms with Crippen molar-refractivity contribution in [3.8, 4) is 0 Å². The second-order valence-electron chi connectivity index (χ2n) is 6.87.